The highest BCUT2D eigenvalue weighted by molar-refractivity contribution is 5.77. The van der Waals surface area contributed by atoms with E-state index in [4.69, 9.17) is 14.2 Å². The number of amides is 1. The Labute approximate surface area is 167 Å². The van der Waals surface area contributed by atoms with Gasteiger partial charge < -0.3 is 19.5 Å². The predicted molar refractivity (Wildman–Crippen MR) is 110 cm³/mol. The minimum absolute atomic E-state index is 0.00702. The standard InChI is InChI=1S/C22H30N2O4/c1-24(15-19-11-7-12-20(26-2)22(19)27-3)16-21(25)23-13-8-14-28-17-18-9-5-4-6-10-18/h4-7,9-12H,8,13-17H2,1-3H3,(H,23,25). The molecule has 6 nitrogen and oxygen atoms in total. The van der Waals surface area contributed by atoms with Crippen LogP contribution in [-0.4, -0.2) is 51.8 Å². The molecule has 0 spiro atoms. The fraction of sp³-hybridized carbons (Fsp3) is 0.409. The second kappa shape index (κ2) is 12.0. The summed E-state index contributed by atoms with van der Waals surface area (Å²) >= 11 is 0. The normalized spacial score (nSPS) is 10.7. The van der Waals surface area contributed by atoms with E-state index in [9.17, 15) is 4.79 Å². The quantitative estimate of drug-likeness (QED) is 0.569. The minimum Gasteiger partial charge on any atom is -0.493 e. The zero-order chi connectivity index (χ0) is 20.2. The third-order valence-corrected chi connectivity index (χ3v) is 4.24. The van der Waals surface area contributed by atoms with E-state index in [1.807, 2.05) is 60.5 Å². The van der Waals surface area contributed by atoms with Crippen molar-refractivity contribution >= 4 is 5.91 Å². The average molecular weight is 386 g/mol. The van der Waals surface area contributed by atoms with Gasteiger partial charge in [0.1, 0.15) is 0 Å². The van der Waals surface area contributed by atoms with Gasteiger partial charge in [0.25, 0.3) is 0 Å². The molecule has 1 amide bonds. The van der Waals surface area contributed by atoms with Gasteiger partial charge in [0.05, 0.1) is 27.4 Å². The van der Waals surface area contributed by atoms with Crippen LogP contribution in [0.2, 0.25) is 0 Å². The van der Waals surface area contributed by atoms with Gasteiger partial charge in [-0.2, -0.15) is 0 Å². The Balaban J connectivity index is 1.64. The maximum atomic E-state index is 12.1. The third-order valence-electron chi connectivity index (χ3n) is 4.24. The third kappa shape index (κ3) is 7.21. The number of carbonyl (C=O) groups is 1. The Hall–Kier alpha value is -2.57. The van der Waals surface area contributed by atoms with Gasteiger partial charge in [-0.1, -0.05) is 42.5 Å². The summed E-state index contributed by atoms with van der Waals surface area (Å²) < 4.78 is 16.4. The number of hydrogen-bond donors (Lipinski definition) is 1. The Morgan fingerprint density at radius 3 is 2.54 bits per heavy atom. The van der Waals surface area contributed by atoms with Crippen molar-refractivity contribution in [1.29, 1.82) is 0 Å². The first kappa shape index (κ1) is 21.7. The first-order valence-electron chi connectivity index (χ1n) is 9.40. The Bertz CT molecular complexity index is 722. The summed E-state index contributed by atoms with van der Waals surface area (Å²) in [5.41, 5.74) is 2.13. The summed E-state index contributed by atoms with van der Waals surface area (Å²) in [5, 5.41) is 2.93. The van der Waals surface area contributed by atoms with Crippen LogP contribution in [0.4, 0.5) is 0 Å². The maximum Gasteiger partial charge on any atom is 0.234 e. The number of ether oxygens (including phenoxy) is 3. The number of para-hydroxylation sites is 1. The van der Waals surface area contributed by atoms with E-state index in [1.54, 1.807) is 14.2 Å². The van der Waals surface area contributed by atoms with Gasteiger partial charge in [-0.15, -0.1) is 0 Å². The van der Waals surface area contributed by atoms with Crippen molar-refractivity contribution in [2.45, 2.75) is 19.6 Å². The molecule has 0 aliphatic carbocycles. The summed E-state index contributed by atoms with van der Waals surface area (Å²) in [7, 11) is 5.14. The monoisotopic (exact) mass is 386 g/mol. The van der Waals surface area contributed by atoms with Crippen LogP contribution >= 0.6 is 0 Å². The first-order chi connectivity index (χ1) is 13.6. The van der Waals surface area contributed by atoms with Crippen molar-refractivity contribution in [3.8, 4) is 11.5 Å². The van der Waals surface area contributed by atoms with Crippen LogP contribution < -0.4 is 14.8 Å². The van der Waals surface area contributed by atoms with E-state index >= 15 is 0 Å². The smallest absolute Gasteiger partial charge is 0.234 e. The van der Waals surface area contributed by atoms with Crippen LogP contribution in [0.3, 0.4) is 0 Å². The lowest BCUT2D eigenvalue weighted by Gasteiger charge is -2.19. The lowest BCUT2D eigenvalue weighted by molar-refractivity contribution is -0.122. The second-order valence-electron chi connectivity index (χ2n) is 6.57. The zero-order valence-corrected chi connectivity index (χ0v) is 16.9. The molecule has 152 valence electrons. The molecule has 2 aromatic rings. The molecule has 1 N–H and O–H groups in total. The summed E-state index contributed by atoms with van der Waals surface area (Å²) in [6, 6.07) is 15.8. The molecule has 0 bridgehead atoms. The number of methoxy groups -OCH3 is 2. The van der Waals surface area contributed by atoms with Crippen LogP contribution in [0.1, 0.15) is 17.5 Å². The van der Waals surface area contributed by atoms with Gasteiger partial charge in [-0.05, 0) is 25.1 Å². The highest BCUT2D eigenvalue weighted by atomic mass is 16.5. The lowest BCUT2D eigenvalue weighted by atomic mass is 10.1. The van der Waals surface area contributed by atoms with E-state index < -0.39 is 0 Å². The number of nitrogens with zero attached hydrogens (tertiary/aromatic N) is 1. The molecular weight excluding hydrogens is 356 g/mol. The van der Waals surface area contributed by atoms with Gasteiger partial charge in [-0.25, -0.2) is 0 Å². The summed E-state index contributed by atoms with van der Waals surface area (Å²) in [6.07, 6.45) is 0.784. The molecule has 2 rings (SSSR count). The summed E-state index contributed by atoms with van der Waals surface area (Å²) in [6.45, 7) is 2.72. The van der Waals surface area contributed by atoms with E-state index in [-0.39, 0.29) is 5.91 Å². The lowest BCUT2D eigenvalue weighted by Crippen LogP contribution is -2.35. The van der Waals surface area contributed by atoms with E-state index in [1.165, 1.54) is 0 Å². The van der Waals surface area contributed by atoms with E-state index in [2.05, 4.69) is 5.32 Å². The van der Waals surface area contributed by atoms with Crippen molar-refractivity contribution in [2.75, 3.05) is 41.0 Å². The highest BCUT2D eigenvalue weighted by Crippen LogP contribution is 2.31. The van der Waals surface area contributed by atoms with Gasteiger partial charge in [-0.3, -0.25) is 9.69 Å². The van der Waals surface area contributed by atoms with Crippen molar-refractivity contribution in [3.05, 3.63) is 59.7 Å². The van der Waals surface area contributed by atoms with Crippen LogP contribution in [0, 0.1) is 0 Å². The topological polar surface area (TPSA) is 60.0 Å². The molecule has 6 heteroatoms. The molecule has 0 heterocycles. The molecule has 2 aromatic carbocycles. The summed E-state index contributed by atoms with van der Waals surface area (Å²) in [4.78, 5) is 14.1. The van der Waals surface area contributed by atoms with Gasteiger partial charge >= 0.3 is 0 Å². The van der Waals surface area contributed by atoms with Crippen molar-refractivity contribution in [3.63, 3.8) is 0 Å². The first-order valence-corrected chi connectivity index (χ1v) is 9.40. The Morgan fingerprint density at radius 2 is 1.82 bits per heavy atom. The van der Waals surface area contributed by atoms with Crippen molar-refractivity contribution in [1.82, 2.24) is 10.2 Å². The number of rotatable bonds is 12. The van der Waals surface area contributed by atoms with Crippen LogP contribution in [0.25, 0.3) is 0 Å². The molecule has 0 unspecified atom stereocenters. The van der Waals surface area contributed by atoms with Gasteiger partial charge in [0.15, 0.2) is 11.5 Å². The zero-order valence-electron chi connectivity index (χ0n) is 16.9. The van der Waals surface area contributed by atoms with Gasteiger partial charge in [0.2, 0.25) is 5.91 Å². The Kier molecular flexibility index (Phi) is 9.31. The molecule has 0 aliphatic heterocycles. The number of carbonyl (C=O) groups excluding carboxylic acids is 1. The van der Waals surface area contributed by atoms with Crippen LogP contribution in [0.5, 0.6) is 11.5 Å². The Morgan fingerprint density at radius 1 is 1.04 bits per heavy atom. The predicted octanol–water partition coefficient (Wildman–Crippen LogP) is 2.86. The molecule has 28 heavy (non-hydrogen) atoms. The van der Waals surface area contributed by atoms with Gasteiger partial charge in [0, 0.05) is 25.3 Å². The number of benzene rings is 2. The molecule has 0 fully saturated rings. The number of hydrogen-bond acceptors (Lipinski definition) is 5. The fourth-order valence-corrected chi connectivity index (χ4v) is 2.89. The second-order valence-corrected chi connectivity index (χ2v) is 6.57. The summed E-state index contributed by atoms with van der Waals surface area (Å²) in [5.74, 6) is 1.38. The van der Waals surface area contributed by atoms with Crippen molar-refractivity contribution in [2.24, 2.45) is 0 Å². The van der Waals surface area contributed by atoms with Crippen LogP contribution in [0.15, 0.2) is 48.5 Å². The average Bonchev–Trinajstić information content (AvgIpc) is 2.71. The van der Waals surface area contributed by atoms with Crippen molar-refractivity contribution < 1.29 is 19.0 Å². The van der Waals surface area contributed by atoms with E-state index in [0.29, 0.717) is 44.3 Å². The molecule has 0 atom stereocenters. The molecule has 0 saturated heterocycles. The fourth-order valence-electron chi connectivity index (χ4n) is 2.89. The van der Waals surface area contributed by atoms with Crippen LogP contribution in [-0.2, 0) is 22.7 Å². The molecule has 0 saturated carbocycles. The largest absolute Gasteiger partial charge is 0.493 e. The minimum atomic E-state index is -0.00702. The molecule has 0 aliphatic rings. The number of nitrogens with one attached hydrogen (secondary N) is 1. The SMILES string of the molecule is COc1cccc(CN(C)CC(=O)NCCCOCc2ccccc2)c1OC. The molecule has 0 radical (unpaired) electrons. The molecular formula is C22H30N2O4. The maximum absolute atomic E-state index is 12.1. The van der Waals surface area contributed by atoms with E-state index in [0.717, 1.165) is 17.5 Å². The highest BCUT2D eigenvalue weighted by Gasteiger charge is 2.13. The number of likely N-dealkylation sites (N-methyl/N-ethyl adjacent to an activating group) is 1. The molecule has 0 aromatic heterocycles.